The maximum Gasteiger partial charge on any atom is 0.323 e. The first-order valence-corrected chi connectivity index (χ1v) is 10.1. The highest BCUT2D eigenvalue weighted by Crippen LogP contribution is 2.25. The van der Waals surface area contributed by atoms with Crippen LogP contribution in [0, 0.1) is 11.8 Å². The van der Waals surface area contributed by atoms with Crippen LogP contribution in [0.3, 0.4) is 0 Å². The molecule has 1 N–H and O–H groups in total. The van der Waals surface area contributed by atoms with Gasteiger partial charge < -0.3 is 14.6 Å². The molecule has 0 bridgehead atoms. The van der Waals surface area contributed by atoms with E-state index in [1.165, 1.54) is 26.3 Å². The van der Waals surface area contributed by atoms with Crippen molar-refractivity contribution < 1.29 is 27.8 Å². The van der Waals surface area contributed by atoms with Crippen LogP contribution >= 0.6 is 0 Å². The molecule has 0 radical (unpaired) electrons. The predicted molar refractivity (Wildman–Crippen MR) is 109 cm³/mol. The zero-order chi connectivity index (χ0) is 21.4. The van der Waals surface area contributed by atoms with Crippen LogP contribution < -0.4 is 4.74 Å². The number of ether oxygens (including phenoxy) is 2. The van der Waals surface area contributed by atoms with Gasteiger partial charge in [0.15, 0.2) is 0 Å². The van der Waals surface area contributed by atoms with Crippen molar-refractivity contribution in [2.45, 2.75) is 17.4 Å². The summed E-state index contributed by atoms with van der Waals surface area (Å²) in [6.45, 7) is 0.148. The summed E-state index contributed by atoms with van der Waals surface area (Å²) in [5.41, 5.74) is 1.73. The fraction of sp³-hybridized carbons (Fsp3) is 0.286. The smallest absolute Gasteiger partial charge is 0.323 e. The van der Waals surface area contributed by atoms with E-state index in [9.17, 15) is 18.3 Å². The number of carboxylic acid groups (broad SMARTS) is 1. The Labute approximate surface area is 170 Å². The average Bonchev–Trinajstić information content (AvgIpc) is 2.73. The monoisotopic (exact) mass is 417 g/mol. The summed E-state index contributed by atoms with van der Waals surface area (Å²) in [6.07, 6.45) is -0.141. The van der Waals surface area contributed by atoms with Crippen molar-refractivity contribution in [1.29, 1.82) is 0 Å². The van der Waals surface area contributed by atoms with Crippen LogP contribution in [0.15, 0.2) is 53.4 Å². The van der Waals surface area contributed by atoms with Crippen molar-refractivity contribution in [3.8, 4) is 28.7 Å². The molecule has 8 heteroatoms. The number of aliphatic carboxylic acids is 1. The summed E-state index contributed by atoms with van der Waals surface area (Å²) in [4.78, 5) is 11.6. The fourth-order valence-corrected chi connectivity index (χ4v) is 3.91. The lowest BCUT2D eigenvalue weighted by atomic mass is 10.1. The van der Waals surface area contributed by atoms with E-state index in [1.807, 2.05) is 24.3 Å². The lowest BCUT2D eigenvalue weighted by molar-refractivity contribution is -0.141. The standard InChI is InChI=1S/C21H23NO6S/c1-22(20(21(23)24)6-4-5-15-27-2)29(25,26)19-13-9-17(10-14-19)16-7-11-18(28-3)12-8-16/h7-14,20H,6,15H2,1-3H3,(H,23,24). The van der Waals surface area contributed by atoms with E-state index in [2.05, 4.69) is 11.8 Å². The largest absolute Gasteiger partial charge is 0.497 e. The van der Waals surface area contributed by atoms with Crippen LogP contribution in [0.1, 0.15) is 6.42 Å². The van der Waals surface area contributed by atoms with Crippen molar-refractivity contribution >= 4 is 16.0 Å². The van der Waals surface area contributed by atoms with Crippen molar-refractivity contribution in [2.75, 3.05) is 27.9 Å². The van der Waals surface area contributed by atoms with E-state index in [4.69, 9.17) is 9.47 Å². The summed E-state index contributed by atoms with van der Waals surface area (Å²) < 4.78 is 36.5. The second kappa shape index (κ2) is 10.1. The molecular weight excluding hydrogens is 394 g/mol. The molecule has 0 saturated heterocycles. The van der Waals surface area contributed by atoms with E-state index in [0.29, 0.717) is 0 Å². The van der Waals surface area contributed by atoms with Crippen molar-refractivity contribution in [3.05, 3.63) is 48.5 Å². The third kappa shape index (κ3) is 5.57. The summed E-state index contributed by atoms with van der Waals surface area (Å²) >= 11 is 0. The average molecular weight is 417 g/mol. The summed E-state index contributed by atoms with van der Waals surface area (Å²) in [5.74, 6) is 4.73. The molecule has 0 aliphatic carbocycles. The molecule has 0 heterocycles. The van der Waals surface area contributed by atoms with Gasteiger partial charge in [0, 0.05) is 20.6 Å². The van der Waals surface area contributed by atoms with E-state index in [-0.39, 0.29) is 17.9 Å². The molecule has 1 unspecified atom stereocenters. The SMILES string of the molecule is COCC#CCC(C(=O)O)N(C)S(=O)(=O)c1ccc(-c2ccc(OC)cc2)cc1. The van der Waals surface area contributed by atoms with Crippen LogP contribution in [-0.2, 0) is 19.6 Å². The number of likely N-dealkylation sites (N-methyl/N-ethyl adjacent to an activating group) is 1. The molecule has 0 aliphatic heterocycles. The Morgan fingerprint density at radius 2 is 1.59 bits per heavy atom. The minimum Gasteiger partial charge on any atom is -0.497 e. The minimum absolute atomic E-state index is 0.00774. The molecule has 29 heavy (non-hydrogen) atoms. The summed E-state index contributed by atoms with van der Waals surface area (Å²) in [5, 5.41) is 9.43. The van der Waals surface area contributed by atoms with E-state index in [1.54, 1.807) is 19.2 Å². The molecule has 0 spiro atoms. The normalized spacial score (nSPS) is 12.1. The van der Waals surface area contributed by atoms with Gasteiger partial charge in [-0.3, -0.25) is 4.79 Å². The van der Waals surface area contributed by atoms with E-state index >= 15 is 0 Å². The highest BCUT2D eigenvalue weighted by Gasteiger charge is 2.32. The minimum atomic E-state index is -4.00. The third-order valence-electron chi connectivity index (χ3n) is 4.32. The van der Waals surface area contributed by atoms with Gasteiger partial charge >= 0.3 is 5.97 Å². The number of carbonyl (C=O) groups is 1. The molecule has 0 aliphatic rings. The first kappa shape index (κ1) is 22.4. The molecular formula is C21H23NO6S. The third-order valence-corrected chi connectivity index (χ3v) is 6.20. The number of hydrogen-bond acceptors (Lipinski definition) is 5. The predicted octanol–water partition coefficient (Wildman–Crippen LogP) is 2.48. The van der Waals surface area contributed by atoms with Gasteiger partial charge in [-0.25, -0.2) is 8.42 Å². The van der Waals surface area contributed by atoms with Crippen molar-refractivity contribution in [2.24, 2.45) is 0 Å². The molecule has 154 valence electrons. The lowest BCUT2D eigenvalue weighted by Crippen LogP contribution is -2.42. The number of hydrogen-bond donors (Lipinski definition) is 1. The Bertz CT molecular complexity index is 988. The van der Waals surface area contributed by atoms with E-state index in [0.717, 1.165) is 21.2 Å². The number of nitrogens with zero attached hydrogens (tertiary/aromatic N) is 1. The molecule has 2 aromatic rings. The fourth-order valence-electron chi connectivity index (χ4n) is 2.60. The van der Waals surface area contributed by atoms with Gasteiger partial charge in [0.25, 0.3) is 0 Å². The highest BCUT2D eigenvalue weighted by atomic mass is 32.2. The molecule has 2 aromatic carbocycles. The zero-order valence-corrected chi connectivity index (χ0v) is 17.3. The Kier molecular flexibility index (Phi) is 7.79. The first-order valence-electron chi connectivity index (χ1n) is 8.71. The van der Waals surface area contributed by atoms with Gasteiger partial charge in [0.2, 0.25) is 10.0 Å². The molecule has 0 aromatic heterocycles. The lowest BCUT2D eigenvalue weighted by Gasteiger charge is -2.23. The Hall–Kier alpha value is -2.86. The van der Waals surface area contributed by atoms with Gasteiger partial charge in [0.05, 0.1) is 12.0 Å². The first-order chi connectivity index (χ1) is 13.8. The van der Waals surface area contributed by atoms with E-state index < -0.39 is 22.0 Å². The van der Waals surface area contributed by atoms with Gasteiger partial charge in [-0.15, -0.1) is 0 Å². The zero-order valence-electron chi connectivity index (χ0n) is 16.5. The molecule has 1 atom stereocenters. The second-order valence-corrected chi connectivity index (χ2v) is 8.12. The number of methoxy groups -OCH3 is 2. The molecule has 2 rings (SSSR count). The Morgan fingerprint density at radius 3 is 2.07 bits per heavy atom. The van der Waals surface area contributed by atoms with Crippen LogP contribution in [0.5, 0.6) is 5.75 Å². The van der Waals surface area contributed by atoms with Crippen LogP contribution in [0.4, 0.5) is 0 Å². The molecule has 0 saturated carbocycles. The van der Waals surface area contributed by atoms with Gasteiger partial charge in [-0.1, -0.05) is 36.1 Å². The molecule has 7 nitrogen and oxygen atoms in total. The number of benzene rings is 2. The summed E-state index contributed by atoms with van der Waals surface area (Å²) in [6, 6.07) is 12.3. The summed E-state index contributed by atoms with van der Waals surface area (Å²) in [7, 11) is 0.287. The van der Waals surface area contributed by atoms with Crippen molar-refractivity contribution in [3.63, 3.8) is 0 Å². The van der Waals surface area contributed by atoms with Crippen molar-refractivity contribution in [1.82, 2.24) is 4.31 Å². The maximum atomic E-state index is 12.9. The molecule has 0 amide bonds. The van der Waals surface area contributed by atoms with Gasteiger partial charge in [-0.2, -0.15) is 4.31 Å². The maximum absolute atomic E-state index is 12.9. The Morgan fingerprint density at radius 1 is 1.03 bits per heavy atom. The second-order valence-electron chi connectivity index (χ2n) is 6.12. The number of rotatable bonds is 8. The van der Waals surface area contributed by atoms with Crippen LogP contribution in [-0.4, -0.2) is 57.7 Å². The number of carboxylic acids is 1. The van der Waals surface area contributed by atoms with Gasteiger partial charge in [-0.05, 0) is 35.4 Å². The van der Waals surface area contributed by atoms with Crippen LogP contribution in [0.25, 0.3) is 11.1 Å². The van der Waals surface area contributed by atoms with Gasteiger partial charge in [0.1, 0.15) is 18.4 Å². The topological polar surface area (TPSA) is 93.1 Å². The molecule has 0 fully saturated rings. The quantitative estimate of drug-likeness (QED) is 0.664. The van der Waals surface area contributed by atoms with Crippen LogP contribution in [0.2, 0.25) is 0 Å². The highest BCUT2D eigenvalue weighted by molar-refractivity contribution is 7.89. The Balaban J connectivity index is 2.24. The number of sulfonamides is 1.